The number of hydrogen-bond donors (Lipinski definition) is 3. The van der Waals surface area contributed by atoms with Gasteiger partial charge in [-0.1, -0.05) is 6.92 Å². The molecular weight excluding hydrogens is 196 g/mol. The summed E-state index contributed by atoms with van der Waals surface area (Å²) in [5.74, 6) is -0.826. The minimum atomic E-state index is -1.02. The van der Waals surface area contributed by atoms with Gasteiger partial charge in [-0.05, 0) is 32.2 Å². The SMILES string of the molecule is CC(CCN)CCC(=O)N[C@@H](C)C(=O)O. The Morgan fingerprint density at radius 3 is 2.40 bits per heavy atom. The van der Waals surface area contributed by atoms with Gasteiger partial charge in [0.25, 0.3) is 0 Å². The first-order chi connectivity index (χ1) is 6.97. The van der Waals surface area contributed by atoms with Crippen LogP contribution in [0.15, 0.2) is 0 Å². The van der Waals surface area contributed by atoms with Gasteiger partial charge in [-0.3, -0.25) is 9.59 Å². The zero-order valence-corrected chi connectivity index (χ0v) is 9.32. The maximum absolute atomic E-state index is 11.3. The molecular formula is C10H20N2O3. The van der Waals surface area contributed by atoms with Crippen LogP contribution in [0.25, 0.3) is 0 Å². The van der Waals surface area contributed by atoms with Crippen molar-refractivity contribution in [3.8, 4) is 0 Å². The predicted octanol–water partition coefficient (Wildman–Crippen LogP) is 0.341. The van der Waals surface area contributed by atoms with Crippen molar-refractivity contribution < 1.29 is 14.7 Å². The van der Waals surface area contributed by atoms with Crippen molar-refractivity contribution in [3.63, 3.8) is 0 Å². The van der Waals surface area contributed by atoms with E-state index in [1.54, 1.807) is 0 Å². The highest BCUT2D eigenvalue weighted by atomic mass is 16.4. The maximum Gasteiger partial charge on any atom is 0.325 e. The third-order valence-corrected chi connectivity index (χ3v) is 2.27. The minimum absolute atomic E-state index is 0.214. The summed E-state index contributed by atoms with van der Waals surface area (Å²) < 4.78 is 0. The first kappa shape index (κ1) is 13.9. The summed E-state index contributed by atoms with van der Waals surface area (Å²) in [6.45, 7) is 4.10. The van der Waals surface area contributed by atoms with E-state index in [4.69, 9.17) is 10.8 Å². The molecule has 15 heavy (non-hydrogen) atoms. The number of carboxylic acid groups (broad SMARTS) is 1. The molecule has 5 nitrogen and oxygen atoms in total. The highest BCUT2D eigenvalue weighted by molar-refractivity contribution is 5.83. The quantitative estimate of drug-likeness (QED) is 0.572. The van der Waals surface area contributed by atoms with E-state index in [-0.39, 0.29) is 5.91 Å². The van der Waals surface area contributed by atoms with E-state index in [0.717, 1.165) is 12.8 Å². The molecule has 88 valence electrons. The van der Waals surface area contributed by atoms with Crippen LogP contribution in [0.2, 0.25) is 0 Å². The molecule has 0 aliphatic rings. The zero-order chi connectivity index (χ0) is 11.8. The summed E-state index contributed by atoms with van der Waals surface area (Å²) in [7, 11) is 0. The van der Waals surface area contributed by atoms with E-state index in [1.807, 2.05) is 6.92 Å². The molecule has 0 heterocycles. The van der Waals surface area contributed by atoms with Gasteiger partial charge in [-0.25, -0.2) is 0 Å². The van der Waals surface area contributed by atoms with Crippen LogP contribution in [0.1, 0.15) is 33.1 Å². The minimum Gasteiger partial charge on any atom is -0.480 e. The van der Waals surface area contributed by atoms with E-state index >= 15 is 0 Å². The maximum atomic E-state index is 11.3. The number of nitrogens with two attached hydrogens (primary N) is 1. The summed E-state index contributed by atoms with van der Waals surface area (Å²) in [5.41, 5.74) is 5.38. The summed E-state index contributed by atoms with van der Waals surface area (Å²) >= 11 is 0. The molecule has 1 amide bonds. The van der Waals surface area contributed by atoms with Gasteiger partial charge in [-0.2, -0.15) is 0 Å². The van der Waals surface area contributed by atoms with Crippen molar-refractivity contribution in [2.45, 2.75) is 39.2 Å². The lowest BCUT2D eigenvalue weighted by Crippen LogP contribution is -2.38. The van der Waals surface area contributed by atoms with Gasteiger partial charge in [0, 0.05) is 6.42 Å². The van der Waals surface area contributed by atoms with E-state index in [2.05, 4.69) is 5.32 Å². The third-order valence-electron chi connectivity index (χ3n) is 2.27. The number of carboxylic acids is 1. The number of hydrogen-bond acceptors (Lipinski definition) is 3. The molecule has 0 fully saturated rings. The molecule has 4 N–H and O–H groups in total. The number of amides is 1. The molecule has 0 aromatic carbocycles. The number of carbonyl (C=O) groups is 2. The molecule has 0 radical (unpaired) electrons. The fourth-order valence-corrected chi connectivity index (χ4v) is 1.18. The normalized spacial score (nSPS) is 14.3. The Bertz CT molecular complexity index is 219. The first-order valence-corrected chi connectivity index (χ1v) is 5.19. The van der Waals surface area contributed by atoms with Crippen molar-refractivity contribution in [1.82, 2.24) is 5.32 Å². The average Bonchev–Trinajstić information content (AvgIpc) is 2.15. The highest BCUT2D eigenvalue weighted by Gasteiger charge is 2.14. The standard InChI is InChI=1S/C10H20N2O3/c1-7(5-6-11)3-4-9(13)12-8(2)10(14)15/h7-8H,3-6,11H2,1-2H3,(H,12,13)(H,14,15)/t7?,8-/m0/s1. The van der Waals surface area contributed by atoms with Gasteiger partial charge >= 0.3 is 5.97 Å². The lowest BCUT2D eigenvalue weighted by atomic mass is 10.0. The second-order valence-corrected chi connectivity index (χ2v) is 3.85. The highest BCUT2D eigenvalue weighted by Crippen LogP contribution is 2.08. The number of rotatable bonds is 7. The summed E-state index contributed by atoms with van der Waals surface area (Å²) in [5, 5.41) is 11.0. The van der Waals surface area contributed by atoms with Crippen LogP contribution >= 0.6 is 0 Å². The second kappa shape index (κ2) is 7.23. The van der Waals surface area contributed by atoms with E-state index in [9.17, 15) is 9.59 Å². The molecule has 0 spiro atoms. The van der Waals surface area contributed by atoms with Crippen LogP contribution < -0.4 is 11.1 Å². The van der Waals surface area contributed by atoms with Crippen LogP contribution in [0.4, 0.5) is 0 Å². The Morgan fingerprint density at radius 1 is 1.33 bits per heavy atom. The Labute approximate surface area is 90.0 Å². The van der Waals surface area contributed by atoms with Crippen LogP contribution in [0.3, 0.4) is 0 Å². The summed E-state index contributed by atoms with van der Waals surface area (Å²) in [4.78, 5) is 21.7. The molecule has 0 aliphatic heterocycles. The van der Waals surface area contributed by atoms with Crippen LogP contribution in [0, 0.1) is 5.92 Å². The number of nitrogens with one attached hydrogen (secondary N) is 1. The lowest BCUT2D eigenvalue weighted by Gasteiger charge is -2.11. The van der Waals surface area contributed by atoms with Crippen LogP contribution in [0.5, 0.6) is 0 Å². The monoisotopic (exact) mass is 216 g/mol. The molecule has 0 aromatic rings. The van der Waals surface area contributed by atoms with Crippen molar-refractivity contribution in [2.75, 3.05) is 6.54 Å². The van der Waals surface area contributed by atoms with Crippen molar-refractivity contribution >= 4 is 11.9 Å². The predicted molar refractivity (Wildman–Crippen MR) is 57.3 cm³/mol. The van der Waals surface area contributed by atoms with Gasteiger partial charge in [0.1, 0.15) is 6.04 Å². The van der Waals surface area contributed by atoms with Gasteiger partial charge in [-0.15, -0.1) is 0 Å². The molecule has 0 saturated heterocycles. The van der Waals surface area contributed by atoms with Gasteiger partial charge in [0.2, 0.25) is 5.91 Å². The van der Waals surface area contributed by atoms with Crippen molar-refractivity contribution in [1.29, 1.82) is 0 Å². The number of aliphatic carboxylic acids is 1. The van der Waals surface area contributed by atoms with E-state index in [0.29, 0.717) is 18.9 Å². The first-order valence-electron chi connectivity index (χ1n) is 5.19. The zero-order valence-electron chi connectivity index (χ0n) is 9.32. The Kier molecular flexibility index (Phi) is 6.70. The van der Waals surface area contributed by atoms with Gasteiger partial charge < -0.3 is 16.2 Å². The fourth-order valence-electron chi connectivity index (χ4n) is 1.18. The number of carbonyl (C=O) groups excluding carboxylic acids is 1. The van der Waals surface area contributed by atoms with Gasteiger partial charge in [0.05, 0.1) is 0 Å². The van der Waals surface area contributed by atoms with Crippen LogP contribution in [-0.2, 0) is 9.59 Å². The van der Waals surface area contributed by atoms with Gasteiger partial charge in [0.15, 0.2) is 0 Å². The molecule has 1 unspecified atom stereocenters. The van der Waals surface area contributed by atoms with E-state index in [1.165, 1.54) is 6.92 Å². The summed E-state index contributed by atoms with van der Waals surface area (Å²) in [6.07, 6.45) is 2.00. The molecule has 0 saturated carbocycles. The topological polar surface area (TPSA) is 92.4 Å². The van der Waals surface area contributed by atoms with Crippen molar-refractivity contribution in [3.05, 3.63) is 0 Å². The fraction of sp³-hybridized carbons (Fsp3) is 0.800. The second-order valence-electron chi connectivity index (χ2n) is 3.85. The average molecular weight is 216 g/mol. The Morgan fingerprint density at radius 2 is 1.93 bits per heavy atom. The lowest BCUT2D eigenvalue weighted by molar-refractivity contribution is -0.141. The van der Waals surface area contributed by atoms with E-state index < -0.39 is 12.0 Å². The Balaban J connectivity index is 3.70. The molecule has 2 atom stereocenters. The molecule has 0 aliphatic carbocycles. The smallest absolute Gasteiger partial charge is 0.325 e. The molecule has 0 bridgehead atoms. The largest absolute Gasteiger partial charge is 0.480 e. The third kappa shape index (κ3) is 6.90. The summed E-state index contributed by atoms with van der Waals surface area (Å²) in [6, 6.07) is -0.817. The molecule has 0 rings (SSSR count). The molecule has 5 heteroatoms. The molecule has 0 aromatic heterocycles. The van der Waals surface area contributed by atoms with Crippen molar-refractivity contribution in [2.24, 2.45) is 11.7 Å². The Hall–Kier alpha value is -1.10. The van der Waals surface area contributed by atoms with Crippen LogP contribution in [-0.4, -0.2) is 29.6 Å².